The van der Waals surface area contributed by atoms with Crippen molar-refractivity contribution < 1.29 is 9.53 Å². The largest absolute Gasteiger partial charge is 0.442 e. The lowest BCUT2D eigenvalue weighted by Gasteiger charge is -2.25. The first-order chi connectivity index (χ1) is 18.1. The maximum atomic E-state index is 12.9. The van der Waals surface area contributed by atoms with Crippen molar-refractivity contribution in [3.05, 3.63) is 41.5 Å². The molecule has 1 atom stereocenters. The Hall–Kier alpha value is -3.89. The van der Waals surface area contributed by atoms with Crippen molar-refractivity contribution in [2.24, 2.45) is 0 Å². The lowest BCUT2D eigenvalue weighted by molar-refractivity contribution is 0.0508. The molecule has 0 saturated carbocycles. The molecule has 1 unspecified atom stereocenters. The number of aromatic nitrogens is 8. The fourth-order valence-electron chi connectivity index (χ4n) is 4.95. The predicted molar refractivity (Wildman–Crippen MR) is 144 cm³/mol. The van der Waals surface area contributed by atoms with E-state index in [0.29, 0.717) is 30.1 Å². The van der Waals surface area contributed by atoms with E-state index in [-0.39, 0.29) is 12.0 Å². The van der Waals surface area contributed by atoms with Crippen LogP contribution in [0.15, 0.2) is 18.7 Å². The average molecular weight is 518 g/mol. The molecule has 0 spiro atoms. The monoisotopic (exact) mass is 517 g/mol. The summed E-state index contributed by atoms with van der Waals surface area (Å²) in [5.74, 6) is 2.34. The Bertz CT molecular complexity index is 1480. The zero-order chi connectivity index (χ0) is 27.2. The molecule has 0 saturated heterocycles. The number of nitrogens with one attached hydrogen (secondary N) is 1. The van der Waals surface area contributed by atoms with Gasteiger partial charge in [-0.15, -0.1) is 0 Å². The molecule has 0 fully saturated rings. The van der Waals surface area contributed by atoms with E-state index in [9.17, 15) is 4.79 Å². The molecule has 4 heterocycles. The molecule has 5 rings (SSSR count). The number of nitrogens with zero attached hydrogens (tertiary/aromatic N) is 8. The van der Waals surface area contributed by atoms with Crippen LogP contribution in [0.2, 0.25) is 0 Å². The maximum Gasteiger partial charge on any atom is 0.435 e. The van der Waals surface area contributed by atoms with Crippen molar-refractivity contribution in [3.63, 3.8) is 0 Å². The first-order valence-electron chi connectivity index (χ1n) is 13.2. The van der Waals surface area contributed by atoms with Crippen LogP contribution in [0, 0.1) is 6.92 Å². The van der Waals surface area contributed by atoms with Crippen molar-refractivity contribution in [1.82, 2.24) is 39.3 Å². The predicted octanol–water partition coefficient (Wildman–Crippen LogP) is 4.68. The first kappa shape index (κ1) is 25.7. The van der Waals surface area contributed by atoms with Crippen LogP contribution in [-0.2, 0) is 24.1 Å². The molecule has 1 aliphatic carbocycles. The van der Waals surface area contributed by atoms with Gasteiger partial charge >= 0.3 is 6.09 Å². The maximum absolute atomic E-state index is 12.9. The average Bonchev–Trinajstić information content (AvgIpc) is 3.43. The normalized spacial score (nSPS) is 15.6. The van der Waals surface area contributed by atoms with Gasteiger partial charge in [0.25, 0.3) is 0 Å². The second-order valence-electron chi connectivity index (χ2n) is 11.0. The smallest absolute Gasteiger partial charge is 0.435 e. The minimum Gasteiger partial charge on any atom is -0.442 e. The molecule has 0 radical (unpaired) electrons. The van der Waals surface area contributed by atoms with Crippen molar-refractivity contribution in [2.45, 2.75) is 91.8 Å². The molecule has 0 aromatic carbocycles. The van der Waals surface area contributed by atoms with Crippen LogP contribution in [0.25, 0.3) is 22.6 Å². The van der Waals surface area contributed by atoms with Crippen molar-refractivity contribution in [3.8, 4) is 11.4 Å². The van der Waals surface area contributed by atoms with Crippen molar-refractivity contribution >= 4 is 23.1 Å². The van der Waals surface area contributed by atoms with E-state index in [1.807, 2.05) is 27.7 Å². The van der Waals surface area contributed by atoms with E-state index in [1.54, 1.807) is 18.7 Å². The zero-order valence-electron chi connectivity index (χ0n) is 23.1. The summed E-state index contributed by atoms with van der Waals surface area (Å²) in [5.41, 5.74) is 4.70. The van der Waals surface area contributed by atoms with Crippen molar-refractivity contribution in [1.29, 1.82) is 0 Å². The molecule has 11 nitrogen and oxygen atoms in total. The van der Waals surface area contributed by atoms with Crippen LogP contribution in [0.5, 0.6) is 0 Å². The molecule has 1 N–H and O–H groups in total. The third-order valence-electron chi connectivity index (χ3n) is 6.64. The molecular formula is C27H35N9O2. The van der Waals surface area contributed by atoms with E-state index in [4.69, 9.17) is 14.8 Å². The summed E-state index contributed by atoms with van der Waals surface area (Å²) >= 11 is 0. The Morgan fingerprint density at radius 3 is 2.58 bits per heavy atom. The molecule has 200 valence electrons. The third-order valence-corrected chi connectivity index (χ3v) is 6.64. The molecule has 4 aromatic rings. The van der Waals surface area contributed by atoms with Gasteiger partial charge in [0, 0.05) is 25.0 Å². The Labute approximate surface area is 222 Å². The minimum absolute atomic E-state index is 0.104. The number of hydrogen-bond acceptors (Lipinski definition) is 9. The summed E-state index contributed by atoms with van der Waals surface area (Å²) in [5, 5.41) is 8.32. The lowest BCUT2D eigenvalue weighted by Crippen LogP contribution is -2.32. The van der Waals surface area contributed by atoms with Crippen LogP contribution < -0.4 is 5.32 Å². The number of carbonyl (C=O) groups excluding carboxylic acids is 1. The summed E-state index contributed by atoms with van der Waals surface area (Å²) in [7, 11) is 0. The van der Waals surface area contributed by atoms with Gasteiger partial charge in [-0.05, 0) is 65.4 Å². The van der Waals surface area contributed by atoms with Crippen LogP contribution in [0.3, 0.4) is 0 Å². The minimum atomic E-state index is -0.587. The SMILES string of the molecule is CCn1c(-c2cnc(C)nc2)nc2c(NC3CCc4c(c(C(C)C)nn4C(=O)OC(C)(C)C)C3)ncnc21. The topological polar surface area (TPSA) is 126 Å². The summed E-state index contributed by atoms with van der Waals surface area (Å²) < 4.78 is 9.15. The highest BCUT2D eigenvalue weighted by Gasteiger charge is 2.32. The lowest BCUT2D eigenvalue weighted by atomic mass is 9.89. The van der Waals surface area contributed by atoms with Crippen LogP contribution in [-0.4, -0.2) is 57.0 Å². The van der Waals surface area contributed by atoms with Gasteiger partial charge in [-0.3, -0.25) is 0 Å². The molecule has 4 aromatic heterocycles. The fraction of sp³-hybridized carbons (Fsp3) is 0.519. The van der Waals surface area contributed by atoms with Gasteiger partial charge < -0.3 is 14.6 Å². The van der Waals surface area contributed by atoms with Gasteiger partial charge in [0.05, 0.1) is 17.0 Å². The van der Waals surface area contributed by atoms with Crippen LogP contribution in [0.1, 0.15) is 76.7 Å². The highest BCUT2D eigenvalue weighted by atomic mass is 16.6. The van der Waals surface area contributed by atoms with E-state index in [1.165, 1.54) is 4.68 Å². The second-order valence-corrected chi connectivity index (χ2v) is 11.0. The number of rotatable bonds is 5. The van der Waals surface area contributed by atoms with Crippen LogP contribution in [0.4, 0.5) is 10.6 Å². The quantitative estimate of drug-likeness (QED) is 0.401. The Balaban J connectivity index is 1.46. The molecular weight excluding hydrogens is 482 g/mol. The Morgan fingerprint density at radius 2 is 1.92 bits per heavy atom. The van der Waals surface area contributed by atoms with E-state index >= 15 is 0 Å². The second kappa shape index (κ2) is 9.77. The molecule has 0 aliphatic heterocycles. The van der Waals surface area contributed by atoms with Crippen LogP contribution >= 0.6 is 0 Å². The van der Waals surface area contributed by atoms with Crippen molar-refractivity contribution in [2.75, 3.05) is 5.32 Å². The molecule has 1 aliphatic rings. The first-order valence-corrected chi connectivity index (χ1v) is 13.2. The summed E-state index contributed by atoms with van der Waals surface area (Å²) in [4.78, 5) is 35.6. The Kier molecular flexibility index (Phi) is 6.62. The standard InChI is InChI=1S/C27H35N9O2/c1-8-35-24(17-12-28-16(4)29-13-17)33-22-23(30-14-31-25(22)35)32-18-9-10-20-19(11-18)21(15(2)3)34-36(20)26(37)38-27(5,6)7/h12-15,18H,8-11H2,1-7H3,(H,30,31,32). The molecule has 0 bridgehead atoms. The third kappa shape index (κ3) is 4.84. The Morgan fingerprint density at radius 1 is 1.18 bits per heavy atom. The number of fused-ring (bicyclic) bond motifs is 2. The van der Waals surface area contributed by atoms with Gasteiger partial charge in [-0.1, -0.05) is 13.8 Å². The van der Waals surface area contributed by atoms with E-state index in [2.05, 4.69) is 50.6 Å². The summed E-state index contributed by atoms with van der Waals surface area (Å²) in [6, 6.07) is 0.104. The van der Waals surface area contributed by atoms with Gasteiger partial charge in [-0.2, -0.15) is 9.78 Å². The van der Waals surface area contributed by atoms with Gasteiger partial charge in [0.15, 0.2) is 17.0 Å². The summed E-state index contributed by atoms with van der Waals surface area (Å²) in [6.07, 6.45) is 6.96. The number of ether oxygens (including phenoxy) is 1. The highest BCUT2D eigenvalue weighted by Crippen LogP contribution is 2.32. The zero-order valence-corrected chi connectivity index (χ0v) is 23.1. The molecule has 0 amide bonds. The number of imidazole rings is 1. The number of carbonyl (C=O) groups is 1. The van der Waals surface area contributed by atoms with Gasteiger partial charge in [-0.25, -0.2) is 29.7 Å². The van der Waals surface area contributed by atoms with Gasteiger partial charge in [0.2, 0.25) is 0 Å². The number of aryl methyl sites for hydroxylation is 2. The summed E-state index contributed by atoms with van der Waals surface area (Å²) in [6.45, 7) is 14.4. The van der Waals surface area contributed by atoms with E-state index in [0.717, 1.165) is 46.8 Å². The number of anilines is 1. The van der Waals surface area contributed by atoms with E-state index < -0.39 is 11.7 Å². The number of hydrogen-bond donors (Lipinski definition) is 1. The molecule has 38 heavy (non-hydrogen) atoms. The van der Waals surface area contributed by atoms with Gasteiger partial charge in [0.1, 0.15) is 23.6 Å². The molecule has 11 heteroatoms. The fourth-order valence-corrected chi connectivity index (χ4v) is 4.95. The highest BCUT2D eigenvalue weighted by molar-refractivity contribution is 5.86.